The minimum absolute atomic E-state index is 0.0605. The van der Waals surface area contributed by atoms with Gasteiger partial charge in [0.1, 0.15) is 24.7 Å². The number of rotatable bonds is 7. The first kappa shape index (κ1) is 18.7. The first-order valence-corrected chi connectivity index (χ1v) is 9.63. The zero-order chi connectivity index (χ0) is 20.1. The van der Waals surface area contributed by atoms with Crippen LogP contribution in [0.25, 0.3) is 11.0 Å². The summed E-state index contributed by atoms with van der Waals surface area (Å²) in [6, 6.07) is 25.6. The van der Waals surface area contributed by atoms with Crippen molar-refractivity contribution >= 4 is 16.9 Å². The third-order valence-electron chi connectivity index (χ3n) is 4.76. The molecule has 5 nitrogen and oxygen atoms in total. The van der Waals surface area contributed by atoms with Crippen LogP contribution in [0.2, 0.25) is 0 Å². The van der Waals surface area contributed by atoms with Gasteiger partial charge in [0.2, 0.25) is 5.91 Å². The van der Waals surface area contributed by atoms with Crippen molar-refractivity contribution in [1.29, 1.82) is 0 Å². The van der Waals surface area contributed by atoms with Crippen molar-refractivity contribution in [1.82, 2.24) is 14.9 Å². The third kappa shape index (κ3) is 4.63. The van der Waals surface area contributed by atoms with E-state index in [9.17, 15) is 4.79 Å². The van der Waals surface area contributed by atoms with E-state index >= 15 is 0 Å². The van der Waals surface area contributed by atoms with Gasteiger partial charge in [0.25, 0.3) is 0 Å². The molecule has 0 spiro atoms. The van der Waals surface area contributed by atoms with Crippen LogP contribution in [0.3, 0.4) is 0 Å². The Kier molecular flexibility index (Phi) is 5.56. The predicted octanol–water partition coefficient (Wildman–Crippen LogP) is 4.24. The molecule has 1 N–H and O–H groups in total. The Morgan fingerprint density at radius 2 is 1.69 bits per heavy atom. The Morgan fingerprint density at radius 1 is 0.966 bits per heavy atom. The fourth-order valence-electron chi connectivity index (χ4n) is 3.18. The molecule has 4 rings (SSSR count). The number of hydrogen-bond donors (Lipinski definition) is 1. The number of aromatic nitrogens is 2. The van der Waals surface area contributed by atoms with E-state index in [1.54, 1.807) is 0 Å². The molecule has 0 atom stereocenters. The number of fused-ring (bicyclic) bond motifs is 1. The molecule has 1 heterocycles. The van der Waals surface area contributed by atoms with Crippen molar-refractivity contribution in [3.8, 4) is 5.75 Å². The first-order chi connectivity index (χ1) is 14.2. The number of nitrogens with zero attached hydrogens (tertiary/aromatic N) is 2. The van der Waals surface area contributed by atoms with Crippen LogP contribution in [0.4, 0.5) is 0 Å². The molecule has 4 aromatic rings. The van der Waals surface area contributed by atoms with Crippen LogP contribution >= 0.6 is 0 Å². The maximum Gasteiger partial charge on any atom is 0.240 e. The smallest absolute Gasteiger partial charge is 0.240 e. The lowest BCUT2D eigenvalue weighted by Gasteiger charge is -2.11. The number of carbonyl (C=O) groups is 1. The summed E-state index contributed by atoms with van der Waals surface area (Å²) >= 11 is 0. The molecule has 1 amide bonds. The Balaban J connectivity index is 1.48. The van der Waals surface area contributed by atoms with Crippen LogP contribution < -0.4 is 10.1 Å². The first-order valence-electron chi connectivity index (χ1n) is 9.63. The number of ether oxygens (including phenoxy) is 1. The number of hydrogen-bond acceptors (Lipinski definition) is 3. The van der Waals surface area contributed by atoms with E-state index in [4.69, 9.17) is 4.74 Å². The third-order valence-corrected chi connectivity index (χ3v) is 4.76. The van der Waals surface area contributed by atoms with Gasteiger partial charge in [-0.2, -0.15) is 0 Å². The van der Waals surface area contributed by atoms with Crippen LogP contribution in [0.5, 0.6) is 5.75 Å². The molecule has 0 unspecified atom stereocenters. The number of nitrogens with one attached hydrogen (secondary N) is 1. The second kappa shape index (κ2) is 8.61. The number of benzene rings is 3. The average molecular weight is 385 g/mol. The minimum Gasteiger partial charge on any atom is -0.486 e. The lowest BCUT2D eigenvalue weighted by Crippen LogP contribution is -2.28. The van der Waals surface area contributed by atoms with E-state index in [0.29, 0.717) is 13.2 Å². The summed E-state index contributed by atoms with van der Waals surface area (Å²) in [5, 5.41) is 2.99. The number of amides is 1. The summed E-state index contributed by atoms with van der Waals surface area (Å²) in [6.45, 7) is 3.04. The standard InChI is InChI=1S/C24H23N3O2/c1-18-11-13-19(14-12-18)15-25-24(28)16-27-22-10-6-5-9-21(22)26-23(27)17-29-20-7-3-2-4-8-20/h2-14H,15-17H2,1H3,(H,25,28). The number of carbonyl (C=O) groups excluding carboxylic acids is 1. The lowest BCUT2D eigenvalue weighted by atomic mass is 10.1. The van der Waals surface area contributed by atoms with Gasteiger partial charge >= 0.3 is 0 Å². The molecule has 0 fully saturated rings. The molecule has 0 saturated carbocycles. The fraction of sp³-hybridized carbons (Fsp3) is 0.167. The van der Waals surface area contributed by atoms with Gasteiger partial charge in [0, 0.05) is 6.54 Å². The van der Waals surface area contributed by atoms with Gasteiger partial charge in [-0.1, -0.05) is 60.2 Å². The van der Waals surface area contributed by atoms with E-state index in [0.717, 1.165) is 28.2 Å². The normalized spacial score (nSPS) is 10.8. The zero-order valence-corrected chi connectivity index (χ0v) is 16.3. The van der Waals surface area contributed by atoms with Crippen molar-refractivity contribution in [3.63, 3.8) is 0 Å². The van der Waals surface area contributed by atoms with Crippen molar-refractivity contribution in [2.75, 3.05) is 0 Å². The zero-order valence-electron chi connectivity index (χ0n) is 16.3. The summed E-state index contributed by atoms with van der Waals surface area (Å²) in [5.41, 5.74) is 4.05. The largest absolute Gasteiger partial charge is 0.486 e. The second-order valence-electron chi connectivity index (χ2n) is 6.97. The molecule has 0 aliphatic carbocycles. The van der Waals surface area contributed by atoms with E-state index < -0.39 is 0 Å². The van der Waals surface area contributed by atoms with Gasteiger partial charge in [-0.05, 0) is 36.8 Å². The number of imidazole rings is 1. The van der Waals surface area contributed by atoms with Crippen molar-refractivity contribution < 1.29 is 9.53 Å². The molecule has 0 aliphatic rings. The molecule has 29 heavy (non-hydrogen) atoms. The maximum absolute atomic E-state index is 12.6. The van der Waals surface area contributed by atoms with Crippen molar-refractivity contribution in [2.45, 2.75) is 26.6 Å². The van der Waals surface area contributed by atoms with Gasteiger partial charge in [-0.3, -0.25) is 4.79 Å². The predicted molar refractivity (Wildman–Crippen MR) is 114 cm³/mol. The highest BCUT2D eigenvalue weighted by Crippen LogP contribution is 2.18. The minimum atomic E-state index is -0.0605. The fourth-order valence-corrected chi connectivity index (χ4v) is 3.18. The summed E-state index contributed by atoms with van der Waals surface area (Å²) in [7, 11) is 0. The Hall–Kier alpha value is -3.60. The maximum atomic E-state index is 12.6. The average Bonchev–Trinajstić information content (AvgIpc) is 3.10. The molecule has 0 radical (unpaired) electrons. The summed E-state index contributed by atoms with van der Waals surface area (Å²) < 4.78 is 7.79. The molecule has 5 heteroatoms. The SMILES string of the molecule is Cc1ccc(CNC(=O)Cn2c(COc3ccccc3)nc3ccccc32)cc1. The van der Waals surface area contributed by atoms with Crippen LogP contribution in [0.15, 0.2) is 78.9 Å². The Bertz CT molecular complexity index is 1100. The van der Waals surface area contributed by atoms with E-state index in [1.165, 1.54) is 5.56 Å². The highest BCUT2D eigenvalue weighted by atomic mass is 16.5. The molecule has 0 aliphatic heterocycles. The topological polar surface area (TPSA) is 56.2 Å². The van der Waals surface area contributed by atoms with Crippen LogP contribution in [-0.4, -0.2) is 15.5 Å². The van der Waals surface area contributed by atoms with Gasteiger partial charge in [0.15, 0.2) is 0 Å². The summed E-state index contributed by atoms with van der Waals surface area (Å²) in [4.78, 5) is 17.3. The van der Waals surface area contributed by atoms with E-state index in [1.807, 2.05) is 90.4 Å². The monoisotopic (exact) mass is 385 g/mol. The quantitative estimate of drug-likeness (QED) is 0.518. The molecule has 0 saturated heterocycles. The van der Waals surface area contributed by atoms with Crippen LogP contribution in [0, 0.1) is 6.92 Å². The number of para-hydroxylation sites is 3. The van der Waals surface area contributed by atoms with E-state index in [-0.39, 0.29) is 12.5 Å². The molecular weight excluding hydrogens is 362 g/mol. The van der Waals surface area contributed by atoms with Crippen molar-refractivity contribution in [3.05, 3.63) is 95.8 Å². The molecular formula is C24H23N3O2. The van der Waals surface area contributed by atoms with Crippen molar-refractivity contribution in [2.24, 2.45) is 0 Å². The second-order valence-corrected chi connectivity index (χ2v) is 6.97. The van der Waals surface area contributed by atoms with Gasteiger partial charge in [-0.25, -0.2) is 4.98 Å². The molecule has 3 aromatic carbocycles. The Morgan fingerprint density at radius 3 is 2.48 bits per heavy atom. The van der Waals surface area contributed by atoms with Crippen LogP contribution in [0.1, 0.15) is 17.0 Å². The molecule has 1 aromatic heterocycles. The highest BCUT2D eigenvalue weighted by molar-refractivity contribution is 5.81. The summed E-state index contributed by atoms with van der Waals surface area (Å²) in [6.07, 6.45) is 0. The van der Waals surface area contributed by atoms with E-state index in [2.05, 4.69) is 10.3 Å². The lowest BCUT2D eigenvalue weighted by molar-refractivity contribution is -0.121. The highest BCUT2D eigenvalue weighted by Gasteiger charge is 2.14. The summed E-state index contributed by atoms with van der Waals surface area (Å²) in [5.74, 6) is 1.44. The van der Waals surface area contributed by atoms with Gasteiger partial charge in [-0.15, -0.1) is 0 Å². The Labute approximate surface area is 170 Å². The molecule has 0 bridgehead atoms. The van der Waals surface area contributed by atoms with Crippen LogP contribution in [-0.2, 0) is 24.5 Å². The van der Waals surface area contributed by atoms with Gasteiger partial charge < -0.3 is 14.6 Å². The number of aryl methyl sites for hydroxylation is 1. The van der Waals surface area contributed by atoms with Gasteiger partial charge in [0.05, 0.1) is 11.0 Å². The molecule has 146 valence electrons.